The van der Waals surface area contributed by atoms with Crippen molar-refractivity contribution in [3.05, 3.63) is 107 Å². The number of hydrogen-bond donors (Lipinski definition) is 1. The highest BCUT2D eigenvalue weighted by Gasteiger charge is 2.44. The Hall–Kier alpha value is -2.87. The zero-order valence-electron chi connectivity index (χ0n) is 17.0. The van der Waals surface area contributed by atoms with Gasteiger partial charge in [0.15, 0.2) is 0 Å². The molecule has 2 heteroatoms. The van der Waals surface area contributed by atoms with Gasteiger partial charge in [-0.2, -0.15) is 0 Å². The molecule has 28 heavy (non-hydrogen) atoms. The largest absolute Gasteiger partial charge is 0.351 e. The molecule has 144 valence electrons. The van der Waals surface area contributed by atoms with E-state index in [4.69, 9.17) is 0 Å². The van der Waals surface area contributed by atoms with Crippen LogP contribution in [-0.4, -0.2) is 5.91 Å². The van der Waals surface area contributed by atoms with Gasteiger partial charge in [0.25, 0.3) is 0 Å². The summed E-state index contributed by atoms with van der Waals surface area (Å²) >= 11 is 0. The third-order valence-corrected chi connectivity index (χ3v) is 5.57. The van der Waals surface area contributed by atoms with Gasteiger partial charge in [0, 0.05) is 6.54 Å². The van der Waals surface area contributed by atoms with Crippen molar-refractivity contribution in [2.75, 3.05) is 0 Å². The molecule has 0 spiro atoms. The van der Waals surface area contributed by atoms with Gasteiger partial charge in [-0.25, -0.2) is 0 Å². The fourth-order valence-corrected chi connectivity index (χ4v) is 3.97. The van der Waals surface area contributed by atoms with E-state index in [1.54, 1.807) is 0 Å². The van der Waals surface area contributed by atoms with Crippen molar-refractivity contribution in [1.29, 1.82) is 0 Å². The van der Waals surface area contributed by atoms with Crippen LogP contribution in [0, 0.1) is 5.92 Å². The standard InChI is InChI=1S/C26H29NO/c1-4-21-15-17-22(18-16-21)19-27-25(28)26(20(2)3,23-11-7-5-8-12-23)24-13-9-6-10-14-24/h5-18,20H,4,19H2,1-3H3,(H,27,28). The van der Waals surface area contributed by atoms with Crippen molar-refractivity contribution in [2.24, 2.45) is 5.92 Å². The summed E-state index contributed by atoms with van der Waals surface area (Å²) in [5, 5.41) is 3.22. The van der Waals surface area contributed by atoms with Gasteiger partial charge in [0.05, 0.1) is 0 Å². The third-order valence-electron chi connectivity index (χ3n) is 5.57. The zero-order valence-corrected chi connectivity index (χ0v) is 17.0. The van der Waals surface area contributed by atoms with Crippen LogP contribution in [0.15, 0.2) is 84.9 Å². The number of amides is 1. The third kappa shape index (κ3) is 3.87. The summed E-state index contributed by atoms with van der Waals surface area (Å²) in [4.78, 5) is 13.7. The van der Waals surface area contributed by atoms with E-state index < -0.39 is 5.41 Å². The van der Waals surface area contributed by atoms with Crippen LogP contribution in [0.5, 0.6) is 0 Å². The maximum absolute atomic E-state index is 13.7. The van der Waals surface area contributed by atoms with E-state index in [9.17, 15) is 4.79 Å². The first-order valence-electron chi connectivity index (χ1n) is 10.1. The Morgan fingerprint density at radius 3 is 1.68 bits per heavy atom. The lowest BCUT2D eigenvalue weighted by atomic mass is 9.66. The molecule has 0 heterocycles. The van der Waals surface area contributed by atoms with E-state index in [1.807, 2.05) is 36.4 Å². The second-order valence-electron chi connectivity index (χ2n) is 7.55. The lowest BCUT2D eigenvalue weighted by molar-refractivity contribution is -0.127. The minimum atomic E-state index is -0.730. The van der Waals surface area contributed by atoms with E-state index in [0.717, 1.165) is 23.1 Å². The second kappa shape index (κ2) is 8.88. The Morgan fingerprint density at radius 2 is 1.25 bits per heavy atom. The fraction of sp³-hybridized carbons (Fsp3) is 0.269. The summed E-state index contributed by atoms with van der Waals surface area (Å²) in [6.45, 7) is 6.91. The number of benzene rings is 3. The summed E-state index contributed by atoms with van der Waals surface area (Å²) in [6.07, 6.45) is 1.02. The van der Waals surface area contributed by atoms with E-state index >= 15 is 0 Å². The average molecular weight is 372 g/mol. The number of aryl methyl sites for hydroxylation is 1. The van der Waals surface area contributed by atoms with Gasteiger partial charge in [-0.05, 0) is 34.6 Å². The van der Waals surface area contributed by atoms with Crippen LogP contribution < -0.4 is 5.32 Å². The molecule has 0 aliphatic heterocycles. The topological polar surface area (TPSA) is 29.1 Å². The van der Waals surface area contributed by atoms with Crippen LogP contribution in [-0.2, 0) is 23.2 Å². The normalized spacial score (nSPS) is 11.4. The van der Waals surface area contributed by atoms with Gasteiger partial charge in [0.1, 0.15) is 5.41 Å². The molecule has 0 bridgehead atoms. The first kappa shape index (κ1) is 19.9. The monoisotopic (exact) mass is 371 g/mol. The van der Waals surface area contributed by atoms with Crippen LogP contribution in [0.3, 0.4) is 0 Å². The van der Waals surface area contributed by atoms with Crippen molar-refractivity contribution in [1.82, 2.24) is 5.32 Å². The molecule has 0 aliphatic rings. The molecule has 1 amide bonds. The van der Waals surface area contributed by atoms with Gasteiger partial charge >= 0.3 is 0 Å². The van der Waals surface area contributed by atoms with Gasteiger partial charge in [-0.1, -0.05) is 106 Å². The number of carbonyl (C=O) groups is 1. The molecule has 3 aromatic rings. The molecule has 0 aromatic heterocycles. The summed E-state index contributed by atoms with van der Waals surface area (Å²) in [6, 6.07) is 28.7. The average Bonchev–Trinajstić information content (AvgIpc) is 2.74. The predicted octanol–water partition coefficient (Wildman–Crippen LogP) is 5.51. The van der Waals surface area contributed by atoms with Gasteiger partial charge in [-0.3, -0.25) is 4.79 Å². The lowest BCUT2D eigenvalue weighted by Gasteiger charge is -2.37. The molecule has 0 fully saturated rings. The molecule has 0 aliphatic carbocycles. The van der Waals surface area contributed by atoms with Crippen molar-refractivity contribution in [3.8, 4) is 0 Å². The Morgan fingerprint density at radius 1 is 0.786 bits per heavy atom. The minimum Gasteiger partial charge on any atom is -0.351 e. The van der Waals surface area contributed by atoms with E-state index in [1.165, 1.54) is 5.56 Å². The zero-order chi connectivity index (χ0) is 20.0. The Labute approximate surface area is 168 Å². The highest BCUT2D eigenvalue weighted by atomic mass is 16.2. The number of carbonyl (C=O) groups excluding carboxylic acids is 1. The highest BCUT2D eigenvalue weighted by Crippen LogP contribution is 2.39. The summed E-state index contributed by atoms with van der Waals surface area (Å²) in [5.41, 5.74) is 3.74. The van der Waals surface area contributed by atoms with Gasteiger partial charge in [0.2, 0.25) is 5.91 Å². The summed E-state index contributed by atoms with van der Waals surface area (Å²) in [5.74, 6) is 0.138. The maximum atomic E-state index is 13.7. The second-order valence-corrected chi connectivity index (χ2v) is 7.55. The van der Waals surface area contributed by atoms with Crippen LogP contribution in [0.1, 0.15) is 43.0 Å². The molecule has 0 unspecified atom stereocenters. The van der Waals surface area contributed by atoms with Gasteiger partial charge < -0.3 is 5.32 Å². The van der Waals surface area contributed by atoms with Gasteiger partial charge in [-0.15, -0.1) is 0 Å². The number of rotatable bonds is 7. The SMILES string of the molecule is CCc1ccc(CNC(=O)C(c2ccccc2)(c2ccccc2)C(C)C)cc1. The van der Waals surface area contributed by atoms with E-state index in [2.05, 4.69) is 74.6 Å². The summed E-state index contributed by atoms with van der Waals surface area (Å²) in [7, 11) is 0. The van der Waals surface area contributed by atoms with Crippen LogP contribution in [0.2, 0.25) is 0 Å². The molecular weight excluding hydrogens is 342 g/mol. The molecule has 3 rings (SSSR count). The lowest BCUT2D eigenvalue weighted by Crippen LogP contribution is -2.48. The first-order chi connectivity index (χ1) is 13.6. The summed E-state index contributed by atoms with van der Waals surface area (Å²) < 4.78 is 0. The number of nitrogens with one attached hydrogen (secondary N) is 1. The van der Waals surface area contributed by atoms with Crippen LogP contribution >= 0.6 is 0 Å². The van der Waals surface area contributed by atoms with E-state index in [-0.39, 0.29) is 11.8 Å². The molecule has 2 nitrogen and oxygen atoms in total. The quantitative estimate of drug-likeness (QED) is 0.583. The van der Waals surface area contributed by atoms with Crippen molar-refractivity contribution < 1.29 is 4.79 Å². The van der Waals surface area contributed by atoms with Crippen LogP contribution in [0.4, 0.5) is 0 Å². The van der Waals surface area contributed by atoms with Crippen molar-refractivity contribution in [3.63, 3.8) is 0 Å². The van der Waals surface area contributed by atoms with Crippen molar-refractivity contribution >= 4 is 5.91 Å². The maximum Gasteiger partial charge on any atom is 0.235 e. The Kier molecular flexibility index (Phi) is 6.30. The first-order valence-corrected chi connectivity index (χ1v) is 10.1. The minimum absolute atomic E-state index is 0.0412. The molecule has 3 aromatic carbocycles. The molecule has 0 radical (unpaired) electrons. The number of hydrogen-bond acceptors (Lipinski definition) is 1. The highest BCUT2D eigenvalue weighted by molar-refractivity contribution is 5.92. The molecule has 0 saturated carbocycles. The smallest absolute Gasteiger partial charge is 0.235 e. The fourth-order valence-electron chi connectivity index (χ4n) is 3.97. The Balaban J connectivity index is 1.97. The Bertz CT molecular complexity index is 843. The molecule has 1 N–H and O–H groups in total. The molecule has 0 atom stereocenters. The molecule has 0 saturated heterocycles. The predicted molar refractivity (Wildman–Crippen MR) is 116 cm³/mol. The van der Waals surface area contributed by atoms with Crippen molar-refractivity contribution in [2.45, 2.75) is 39.2 Å². The van der Waals surface area contributed by atoms with Crippen LogP contribution in [0.25, 0.3) is 0 Å². The van der Waals surface area contributed by atoms with E-state index in [0.29, 0.717) is 6.54 Å². The molecular formula is C26H29NO.